The van der Waals surface area contributed by atoms with E-state index in [0.29, 0.717) is 5.54 Å². The van der Waals surface area contributed by atoms with Crippen molar-refractivity contribution in [3.05, 3.63) is 0 Å². The zero-order valence-electron chi connectivity index (χ0n) is 10.6. The Balaban J connectivity index is 2.02. The van der Waals surface area contributed by atoms with Gasteiger partial charge in [-0.3, -0.25) is 9.80 Å². The maximum atomic E-state index is 3.49. The monoisotopic (exact) mass is 211 g/mol. The van der Waals surface area contributed by atoms with E-state index in [1.54, 1.807) is 0 Å². The van der Waals surface area contributed by atoms with E-state index in [2.05, 4.69) is 42.9 Å². The molecule has 0 aromatic rings. The number of hydrogen-bond acceptors (Lipinski definition) is 3. The fourth-order valence-corrected chi connectivity index (χ4v) is 2.87. The van der Waals surface area contributed by atoms with E-state index in [9.17, 15) is 0 Å². The minimum atomic E-state index is 0.330. The third-order valence-corrected chi connectivity index (χ3v) is 4.00. The number of hydrogen-bond donors (Lipinski definition) is 1. The van der Waals surface area contributed by atoms with Crippen molar-refractivity contribution in [3.63, 3.8) is 0 Å². The SMILES string of the molecule is CN1CNCC2CCN(C(C)(C)C)CC21. The molecule has 2 rings (SSSR count). The van der Waals surface area contributed by atoms with Gasteiger partial charge in [-0.1, -0.05) is 0 Å². The van der Waals surface area contributed by atoms with Crippen molar-refractivity contribution in [1.82, 2.24) is 15.1 Å². The molecule has 0 aromatic heterocycles. The Bertz CT molecular complexity index is 221. The first-order chi connectivity index (χ1) is 6.98. The molecule has 2 atom stereocenters. The fraction of sp³-hybridized carbons (Fsp3) is 1.00. The van der Waals surface area contributed by atoms with E-state index in [1.807, 2.05) is 0 Å². The van der Waals surface area contributed by atoms with Gasteiger partial charge in [0.2, 0.25) is 0 Å². The Hall–Kier alpha value is -0.120. The topological polar surface area (TPSA) is 18.5 Å². The fourth-order valence-electron chi connectivity index (χ4n) is 2.87. The van der Waals surface area contributed by atoms with Gasteiger partial charge in [-0.25, -0.2) is 0 Å². The highest BCUT2D eigenvalue weighted by Gasteiger charge is 2.37. The molecule has 2 heterocycles. The molecule has 88 valence electrons. The molecule has 3 heteroatoms. The molecule has 2 unspecified atom stereocenters. The Morgan fingerprint density at radius 3 is 2.67 bits per heavy atom. The molecular formula is C12H25N3. The Morgan fingerprint density at radius 1 is 1.27 bits per heavy atom. The smallest absolute Gasteiger partial charge is 0.0481 e. The van der Waals surface area contributed by atoms with Crippen LogP contribution in [0.25, 0.3) is 0 Å². The number of likely N-dealkylation sites (tertiary alicyclic amines) is 1. The minimum Gasteiger partial charge on any atom is -0.304 e. The lowest BCUT2D eigenvalue weighted by atomic mass is 9.87. The zero-order valence-corrected chi connectivity index (χ0v) is 10.6. The quantitative estimate of drug-likeness (QED) is 0.644. The van der Waals surface area contributed by atoms with Gasteiger partial charge < -0.3 is 5.32 Å². The van der Waals surface area contributed by atoms with E-state index < -0.39 is 0 Å². The van der Waals surface area contributed by atoms with Gasteiger partial charge in [-0.05, 0) is 46.7 Å². The van der Waals surface area contributed by atoms with Crippen molar-refractivity contribution in [1.29, 1.82) is 0 Å². The van der Waals surface area contributed by atoms with Crippen LogP contribution in [0.5, 0.6) is 0 Å². The van der Waals surface area contributed by atoms with Crippen molar-refractivity contribution >= 4 is 0 Å². The summed E-state index contributed by atoms with van der Waals surface area (Å²) in [5.74, 6) is 0.863. The van der Waals surface area contributed by atoms with Crippen LogP contribution in [0.1, 0.15) is 27.2 Å². The summed E-state index contributed by atoms with van der Waals surface area (Å²) < 4.78 is 0. The van der Waals surface area contributed by atoms with Gasteiger partial charge in [0.25, 0.3) is 0 Å². The number of nitrogens with one attached hydrogen (secondary N) is 1. The maximum absolute atomic E-state index is 3.49. The molecule has 15 heavy (non-hydrogen) atoms. The standard InChI is InChI=1S/C12H25N3/c1-12(2,3)15-6-5-10-7-13-9-14(4)11(10)8-15/h10-11,13H,5-9H2,1-4H3. The van der Waals surface area contributed by atoms with Crippen molar-refractivity contribution in [3.8, 4) is 0 Å². The van der Waals surface area contributed by atoms with Crippen LogP contribution in [0.4, 0.5) is 0 Å². The van der Waals surface area contributed by atoms with Crippen molar-refractivity contribution < 1.29 is 0 Å². The van der Waals surface area contributed by atoms with Crippen LogP contribution in [-0.4, -0.2) is 54.7 Å². The van der Waals surface area contributed by atoms with Crippen molar-refractivity contribution in [2.45, 2.75) is 38.8 Å². The first kappa shape index (κ1) is 11.4. The summed E-state index contributed by atoms with van der Waals surface area (Å²) in [6.45, 7) is 11.8. The van der Waals surface area contributed by atoms with Crippen LogP contribution in [0.3, 0.4) is 0 Å². The van der Waals surface area contributed by atoms with Gasteiger partial charge in [0, 0.05) is 31.3 Å². The molecular weight excluding hydrogens is 186 g/mol. The molecule has 0 saturated carbocycles. The molecule has 0 spiro atoms. The average molecular weight is 211 g/mol. The lowest BCUT2D eigenvalue weighted by Crippen LogP contribution is -2.62. The largest absolute Gasteiger partial charge is 0.304 e. The summed E-state index contributed by atoms with van der Waals surface area (Å²) in [5.41, 5.74) is 0.330. The lowest BCUT2D eigenvalue weighted by Gasteiger charge is -2.50. The second-order valence-corrected chi connectivity index (χ2v) is 6.10. The zero-order chi connectivity index (χ0) is 11.1. The average Bonchev–Trinajstić information content (AvgIpc) is 2.16. The highest BCUT2D eigenvalue weighted by Crippen LogP contribution is 2.27. The molecule has 3 nitrogen and oxygen atoms in total. The highest BCUT2D eigenvalue weighted by molar-refractivity contribution is 4.93. The first-order valence-electron chi connectivity index (χ1n) is 6.14. The second kappa shape index (κ2) is 4.04. The van der Waals surface area contributed by atoms with E-state index in [4.69, 9.17) is 0 Å². The van der Waals surface area contributed by atoms with Gasteiger partial charge >= 0.3 is 0 Å². The summed E-state index contributed by atoms with van der Waals surface area (Å²) in [7, 11) is 2.25. The van der Waals surface area contributed by atoms with Crippen LogP contribution in [0.15, 0.2) is 0 Å². The molecule has 1 N–H and O–H groups in total. The molecule has 0 radical (unpaired) electrons. The van der Waals surface area contributed by atoms with Crippen molar-refractivity contribution in [2.24, 2.45) is 5.92 Å². The molecule has 2 aliphatic heterocycles. The van der Waals surface area contributed by atoms with Crippen LogP contribution >= 0.6 is 0 Å². The van der Waals surface area contributed by atoms with E-state index in [-0.39, 0.29) is 0 Å². The predicted octanol–water partition coefficient (Wildman–Crippen LogP) is 0.968. The van der Waals surface area contributed by atoms with Crippen LogP contribution in [-0.2, 0) is 0 Å². The lowest BCUT2D eigenvalue weighted by molar-refractivity contribution is -0.00167. The molecule has 0 aromatic carbocycles. The van der Waals surface area contributed by atoms with Gasteiger partial charge in [0.05, 0.1) is 0 Å². The summed E-state index contributed by atoms with van der Waals surface area (Å²) in [4.78, 5) is 5.11. The predicted molar refractivity (Wildman–Crippen MR) is 63.9 cm³/mol. The molecule has 0 aliphatic carbocycles. The Morgan fingerprint density at radius 2 is 2.00 bits per heavy atom. The van der Waals surface area contributed by atoms with E-state index in [0.717, 1.165) is 18.6 Å². The maximum Gasteiger partial charge on any atom is 0.0481 e. The highest BCUT2D eigenvalue weighted by atomic mass is 15.3. The summed E-state index contributed by atoms with van der Waals surface area (Å²) in [6.07, 6.45) is 1.35. The third-order valence-electron chi connectivity index (χ3n) is 4.00. The number of rotatable bonds is 0. The summed E-state index contributed by atoms with van der Waals surface area (Å²) >= 11 is 0. The number of piperidine rings is 1. The molecule has 2 fully saturated rings. The van der Waals surface area contributed by atoms with E-state index >= 15 is 0 Å². The van der Waals surface area contributed by atoms with Crippen LogP contribution < -0.4 is 5.32 Å². The molecule has 0 amide bonds. The first-order valence-corrected chi connectivity index (χ1v) is 6.14. The third kappa shape index (κ3) is 2.35. The molecule has 2 saturated heterocycles. The van der Waals surface area contributed by atoms with Gasteiger partial charge in [-0.2, -0.15) is 0 Å². The van der Waals surface area contributed by atoms with Crippen LogP contribution in [0.2, 0.25) is 0 Å². The molecule has 0 bridgehead atoms. The minimum absolute atomic E-state index is 0.330. The van der Waals surface area contributed by atoms with Crippen LogP contribution in [0, 0.1) is 5.92 Å². The Kier molecular flexibility index (Phi) is 3.06. The van der Waals surface area contributed by atoms with Gasteiger partial charge in [-0.15, -0.1) is 0 Å². The number of likely N-dealkylation sites (N-methyl/N-ethyl adjacent to an activating group) is 1. The molecule has 2 aliphatic rings. The normalized spacial score (nSPS) is 35.2. The van der Waals surface area contributed by atoms with Crippen molar-refractivity contribution in [2.75, 3.05) is 33.4 Å². The number of fused-ring (bicyclic) bond motifs is 1. The summed E-state index contributed by atoms with van der Waals surface area (Å²) in [6, 6.07) is 0.763. The Labute approximate surface area is 93.8 Å². The summed E-state index contributed by atoms with van der Waals surface area (Å²) in [5, 5.41) is 3.49. The second-order valence-electron chi connectivity index (χ2n) is 6.10. The van der Waals surface area contributed by atoms with Gasteiger partial charge in [0.15, 0.2) is 0 Å². The van der Waals surface area contributed by atoms with Gasteiger partial charge in [0.1, 0.15) is 0 Å². The number of nitrogens with zero attached hydrogens (tertiary/aromatic N) is 2. The van der Waals surface area contributed by atoms with E-state index in [1.165, 1.54) is 26.1 Å².